The van der Waals surface area contributed by atoms with E-state index in [9.17, 15) is 0 Å². The lowest BCUT2D eigenvalue weighted by molar-refractivity contribution is 1.35. The molecule has 3 heteroatoms. The molecule has 0 unspecified atom stereocenters. The van der Waals surface area contributed by atoms with Crippen molar-refractivity contribution in [2.75, 3.05) is 0 Å². The summed E-state index contributed by atoms with van der Waals surface area (Å²) in [7, 11) is 0.242. The van der Waals surface area contributed by atoms with Gasteiger partial charge in [0.25, 0.3) is 0 Å². The fourth-order valence-electron chi connectivity index (χ4n) is 3.65. The fourth-order valence-corrected chi connectivity index (χ4v) is 21.9. The minimum Gasteiger partial charge on any atom is -0.0647 e. The molecule has 2 aromatic rings. The maximum Gasteiger partial charge on any atom is 0.0403 e. The SMILES string of the molecule is Cc1cc(C)c([SiH2][SiH2][SiH2]c2c(C)cc(C)cc2C)c(C)c1. The van der Waals surface area contributed by atoms with Crippen LogP contribution in [0.4, 0.5) is 0 Å². The Hall–Kier alpha value is -0.909. The van der Waals surface area contributed by atoms with Crippen LogP contribution in [0.15, 0.2) is 24.3 Å². The Morgan fingerprint density at radius 1 is 0.524 bits per heavy atom. The van der Waals surface area contributed by atoms with E-state index >= 15 is 0 Å². The Bertz CT molecular complexity index is 556. The summed E-state index contributed by atoms with van der Waals surface area (Å²) < 4.78 is 0. The smallest absolute Gasteiger partial charge is 0.0403 e. The van der Waals surface area contributed by atoms with E-state index in [1.807, 2.05) is 0 Å². The van der Waals surface area contributed by atoms with E-state index in [1.54, 1.807) is 32.6 Å². The highest BCUT2D eigenvalue weighted by Gasteiger charge is 2.08. The van der Waals surface area contributed by atoms with E-state index in [0.29, 0.717) is 0 Å². The highest BCUT2D eigenvalue weighted by atomic mass is 29.5. The molecule has 0 aromatic heterocycles. The van der Waals surface area contributed by atoms with Gasteiger partial charge in [-0.05, 0) is 41.5 Å². The number of aryl methyl sites for hydroxylation is 6. The molecular formula is C18H28Si3. The van der Waals surface area contributed by atoms with Crippen LogP contribution in [0.25, 0.3) is 0 Å². The Morgan fingerprint density at radius 2 is 0.810 bits per heavy atom. The molecule has 0 radical (unpaired) electrons. The largest absolute Gasteiger partial charge is 0.0647 e. The van der Waals surface area contributed by atoms with Gasteiger partial charge in [0.2, 0.25) is 0 Å². The molecule has 0 saturated carbocycles. The van der Waals surface area contributed by atoms with E-state index in [4.69, 9.17) is 0 Å². The van der Waals surface area contributed by atoms with Gasteiger partial charge in [0.05, 0.1) is 0 Å². The van der Waals surface area contributed by atoms with Crippen molar-refractivity contribution in [3.63, 3.8) is 0 Å². The van der Waals surface area contributed by atoms with Gasteiger partial charge in [-0.1, -0.05) is 68.0 Å². The molecule has 0 heterocycles. The summed E-state index contributed by atoms with van der Waals surface area (Å²) in [5.41, 5.74) is 9.12. The Kier molecular flexibility index (Phi) is 5.41. The second-order valence-corrected chi connectivity index (χ2v) is 21.2. The lowest BCUT2D eigenvalue weighted by Gasteiger charge is -2.13. The first-order valence-electron chi connectivity index (χ1n) is 8.02. The maximum absolute atomic E-state index is 2.38. The van der Waals surface area contributed by atoms with Gasteiger partial charge in [-0.2, -0.15) is 0 Å². The van der Waals surface area contributed by atoms with Crippen LogP contribution >= 0.6 is 0 Å². The van der Waals surface area contributed by atoms with Gasteiger partial charge in [0.1, 0.15) is 0 Å². The van der Waals surface area contributed by atoms with Crippen molar-refractivity contribution in [2.24, 2.45) is 0 Å². The number of hydrogen-bond donors (Lipinski definition) is 0. The van der Waals surface area contributed by atoms with Crippen LogP contribution in [-0.4, -0.2) is 26.6 Å². The van der Waals surface area contributed by atoms with Crippen LogP contribution in [0.2, 0.25) is 0 Å². The molecule has 0 bridgehead atoms. The Labute approximate surface area is 136 Å². The van der Waals surface area contributed by atoms with Crippen molar-refractivity contribution in [1.29, 1.82) is 0 Å². The molecule has 0 nitrogen and oxygen atoms in total. The van der Waals surface area contributed by atoms with E-state index < -0.39 is 0 Å². The Balaban J connectivity index is 2.09. The molecule has 112 valence electrons. The van der Waals surface area contributed by atoms with Gasteiger partial charge >= 0.3 is 0 Å². The van der Waals surface area contributed by atoms with Crippen molar-refractivity contribution in [3.05, 3.63) is 57.6 Å². The first kappa shape index (κ1) is 16.5. The summed E-state index contributed by atoms with van der Waals surface area (Å²) in [5.74, 6) is 0. The fraction of sp³-hybridized carbons (Fsp3) is 0.333. The van der Waals surface area contributed by atoms with Crippen molar-refractivity contribution in [1.82, 2.24) is 0 Å². The van der Waals surface area contributed by atoms with Gasteiger partial charge in [0.15, 0.2) is 0 Å². The zero-order valence-corrected chi connectivity index (χ0v) is 18.7. The summed E-state index contributed by atoms with van der Waals surface area (Å²) >= 11 is 0. The molecule has 0 aliphatic heterocycles. The number of benzene rings is 2. The molecule has 0 saturated heterocycles. The molecule has 2 rings (SSSR count). The average Bonchev–Trinajstić information content (AvgIpc) is 2.34. The van der Waals surface area contributed by atoms with Gasteiger partial charge in [0, 0.05) is 26.6 Å². The molecule has 2 aromatic carbocycles. The average molecular weight is 329 g/mol. The third-order valence-electron chi connectivity index (χ3n) is 4.53. The predicted molar refractivity (Wildman–Crippen MR) is 106 cm³/mol. The normalized spacial score (nSPS) is 12.7. The van der Waals surface area contributed by atoms with Crippen LogP contribution < -0.4 is 10.4 Å². The van der Waals surface area contributed by atoms with E-state index in [1.165, 1.54) is 11.1 Å². The summed E-state index contributed by atoms with van der Waals surface area (Å²) in [6, 6.07) is 9.53. The van der Waals surface area contributed by atoms with Crippen LogP contribution in [0.1, 0.15) is 33.4 Å². The summed E-state index contributed by atoms with van der Waals surface area (Å²) in [5, 5.41) is 3.56. The van der Waals surface area contributed by atoms with Crippen molar-refractivity contribution >= 4 is 37.0 Å². The summed E-state index contributed by atoms with van der Waals surface area (Å²) in [4.78, 5) is 0. The minimum atomic E-state index is 0.0299. The summed E-state index contributed by atoms with van der Waals surface area (Å²) in [6.07, 6.45) is 0. The zero-order valence-electron chi connectivity index (χ0n) is 14.4. The van der Waals surface area contributed by atoms with Gasteiger partial charge < -0.3 is 0 Å². The van der Waals surface area contributed by atoms with Crippen molar-refractivity contribution < 1.29 is 0 Å². The molecule has 0 amide bonds. The lowest BCUT2D eigenvalue weighted by Crippen LogP contribution is -2.35. The molecular weight excluding hydrogens is 300 g/mol. The molecule has 0 fully saturated rings. The molecule has 21 heavy (non-hydrogen) atoms. The van der Waals surface area contributed by atoms with Crippen LogP contribution in [0, 0.1) is 41.5 Å². The zero-order chi connectivity index (χ0) is 15.6. The van der Waals surface area contributed by atoms with Crippen LogP contribution in [0.3, 0.4) is 0 Å². The maximum atomic E-state index is 2.38. The molecule has 0 aliphatic carbocycles. The molecule has 0 N–H and O–H groups in total. The monoisotopic (exact) mass is 328 g/mol. The third kappa shape index (κ3) is 4.05. The number of rotatable bonds is 4. The van der Waals surface area contributed by atoms with Crippen molar-refractivity contribution in [2.45, 2.75) is 41.5 Å². The van der Waals surface area contributed by atoms with E-state index in [2.05, 4.69) is 65.8 Å². The van der Waals surface area contributed by atoms with E-state index in [-0.39, 0.29) is 26.6 Å². The standard InChI is InChI=1S/C18H28Si3/c1-11-7-13(3)17(14(4)8-11)19-21-20-18-15(5)9-12(2)10-16(18)6/h7-10H,19-21H2,1-6H3. The predicted octanol–water partition coefficient (Wildman–Crippen LogP) is 0.824. The van der Waals surface area contributed by atoms with Gasteiger partial charge in [-0.3, -0.25) is 0 Å². The molecule has 0 spiro atoms. The third-order valence-corrected chi connectivity index (χ3v) is 20.0. The highest BCUT2D eigenvalue weighted by Crippen LogP contribution is 2.06. The van der Waals surface area contributed by atoms with Crippen LogP contribution in [0.5, 0.6) is 0 Å². The minimum absolute atomic E-state index is 0.0299. The first-order valence-corrected chi connectivity index (χ1v) is 17.4. The summed E-state index contributed by atoms with van der Waals surface area (Å²) in [6.45, 7) is 13.7. The highest BCUT2D eigenvalue weighted by molar-refractivity contribution is 7.35. The van der Waals surface area contributed by atoms with Crippen LogP contribution in [-0.2, 0) is 0 Å². The Morgan fingerprint density at radius 3 is 1.10 bits per heavy atom. The second kappa shape index (κ2) is 6.90. The lowest BCUT2D eigenvalue weighted by atomic mass is 10.1. The van der Waals surface area contributed by atoms with Crippen molar-refractivity contribution in [3.8, 4) is 0 Å². The number of hydrogen-bond acceptors (Lipinski definition) is 0. The topological polar surface area (TPSA) is 0 Å². The molecule has 0 aliphatic rings. The quantitative estimate of drug-likeness (QED) is 0.729. The van der Waals surface area contributed by atoms with E-state index in [0.717, 1.165) is 0 Å². The molecule has 0 atom stereocenters. The second-order valence-electron chi connectivity index (χ2n) is 6.61. The van der Waals surface area contributed by atoms with Gasteiger partial charge in [-0.25, -0.2) is 0 Å². The van der Waals surface area contributed by atoms with Gasteiger partial charge in [-0.15, -0.1) is 0 Å². The first-order chi connectivity index (χ1) is 9.88.